The first-order valence-corrected chi connectivity index (χ1v) is 6.07. The molecule has 108 valence electrons. The predicted octanol–water partition coefficient (Wildman–Crippen LogP) is 0.714. The molecule has 0 radical (unpaired) electrons. The SMILES string of the molecule is C=C(C(=O)[O-])C(C)Oc1ccc(C(=O)C(C)(C)O)cc1. The van der Waals surface area contributed by atoms with E-state index >= 15 is 0 Å². The van der Waals surface area contributed by atoms with Gasteiger partial charge in [0.15, 0.2) is 5.78 Å². The molecule has 1 aromatic rings. The third-order valence-corrected chi connectivity index (χ3v) is 2.74. The van der Waals surface area contributed by atoms with Crippen molar-refractivity contribution in [3.63, 3.8) is 0 Å². The number of Topliss-reactive ketones (excluding diaryl/α,β-unsaturated/α-hetero) is 1. The molecule has 20 heavy (non-hydrogen) atoms. The van der Waals surface area contributed by atoms with Gasteiger partial charge in [0.25, 0.3) is 0 Å². The number of ketones is 1. The summed E-state index contributed by atoms with van der Waals surface area (Å²) in [5.41, 5.74) is -1.27. The van der Waals surface area contributed by atoms with E-state index in [0.29, 0.717) is 11.3 Å². The Kier molecular flexibility index (Phi) is 4.68. The molecule has 1 atom stereocenters. The lowest BCUT2D eigenvalue weighted by Gasteiger charge is -2.19. The molecule has 0 amide bonds. The van der Waals surface area contributed by atoms with E-state index in [9.17, 15) is 19.8 Å². The second kappa shape index (κ2) is 5.88. The van der Waals surface area contributed by atoms with Gasteiger partial charge in [0.1, 0.15) is 17.5 Å². The summed E-state index contributed by atoms with van der Waals surface area (Å²) in [6.07, 6.45) is -0.740. The lowest BCUT2D eigenvalue weighted by Crippen LogP contribution is -2.31. The Bertz CT molecular complexity index is 522. The summed E-state index contributed by atoms with van der Waals surface area (Å²) in [6.45, 7) is 7.71. The van der Waals surface area contributed by atoms with Gasteiger partial charge in [-0.15, -0.1) is 0 Å². The van der Waals surface area contributed by atoms with Crippen LogP contribution in [0.3, 0.4) is 0 Å². The van der Waals surface area contributed by atoms with E-state index in [-0.39, 0.29) is 5.57 Å². The van der Waals surface area contributed by atoms with Gasteiger partial charge < -0.3 is 19.7 Å². The van der Waals surface area contributed by atoms with Gasteiger partial charge in [0.05, 0.1) is 5.97 Å². The summed E-state index contributed by atoms with van der Waals surface area (Å²) in [7, 11) is 0. The number of carboxylic acid groups (broad SMARTS) is 1. The van der Waals surface area contributed by atoms with E-state index in [1.165, 1.54) is 45.0 Å². The Morgan fingerprint density at radius 2 is 1.80 bits per heavy atom. The van der Waals surface area contributed by atoms with Gasteiger partial charge in [-0.3, -0.25) is 4.79 Å². The topological polar surface area (TPSA) is 86.7 Å². The minimum absolute atomic E-state index is 0.165. The Morgan fingerprint density at radius 3 is 2.20 bits per heavy atom. The maximum absolute atomic E-state index is 11.8. The molecular formula is C15H17O5-. The van der Waals surface area contributed by atoms with Gasteiger partial charge in [0.2, 0.25) is 0 Å². The molecule has 0 fully saturated rings. The molecule has 1 unspecified atom stereocenters. The maximum Gasteiger partial charge on any atom is 0.193 e. The second-order valence-corrected chi connectivity index (χ2v) is 4.99. The Hall–Kier alpha value is -2.14. The largest absolute Gasteiger partial charge is 0.545 e. The molecule has 0 aromatic heterocycles. The average molecular weight is 277 g/mol. The Labute approximate surface area is 117 Å². The van der Waals surface area contributed by atoms with E-state index in [1.807, 2.05) is 0 Å². The maximum atomic E-state index is 11.8. The number of carboxylic acids is 1. The van der Waals surface area contributed by atoms with Gasteiger partial charge in [-0.05, 0) is 45.0 Å². The van der Waals surface area contributed by atoms with Crippen LogP contribution in [0.4, 0.5) is 0 Å². The molecule has 0 spiro atoms. The van der Waals surface area contributed by atoms with Gasteiger partial charge in [-0.2, -0.15) is 0 Å². The van der Waals surface area contributed by atoms with Crippen molar-refractivity contribution in [1.29, 1.82) is 0 Å². The molecule has 1 N–H and O–H groups in total. The zero-order chi connectivity index (χ0) is 15.5. The molecule has 0 aliphatic heterocycles. The van der Waals surface area contributed by atoms with Crippen molar-refractivity contribution in [2.24, 2.45) is 0 Å². The van der Waals surface area contributed by atoms with Crippen LogP contribution in [0, 0.1) is 0 Å². The molecule has 5 nitrogen and oxygen atoms in total. The summed E-state index contributed by atoms with van der Waals surface area (Å²) in [6, 6.07) is 6.06. The fraction of sp³-hybridized carbons (Fsp3) is 0.333. The minimum Gasteiger partial charge on any atom is -0.545 e. The van der Waals surface area contributed by atoms with Crippen molar-refractivity contribution in [2.45, 2.75) is 32.5 Å². The minimum atomic E-state index is -1.45. The van der Waals surface area contributed by atoms with Crippen LogP contribution in [0.15, 0.2) is 36.4 Å². The highest BCUT2D eigenvalue weighted by Crippen LogP contribution is 2.19. The number of carbonyl (C=O) groups excluding carboxylic acids is 2. The molecule has 0 bridgehead atoms. The summed E-state index contributed by atoms with van der Waals surface area (Å²) in [5.74, 6) is -1.38. The number of ether oxygens (including phenoxy) is 1. The summed E-state index contributed by atoms with van der Waals surface area (Å²) >= 11 is 0. The first-order valence-electron chi connectivity index (χ1n) is 6.07. The van der Waals surface area contributed by atoms with Gasteiger partial charge in [0, 0.05) is 11.1 Å². The van der Waals surface area contributed by atoms with Crippen LogP contribution in [-0.4, -0.2) is 28.6 Å². The van der Waals surface area contributed by atoms with E-state index < -0.39 is 23.5 Å². The summed E-state index contributed by atoms with van der Waals surface area (Å²) < 4.78 is 5.36. The molecule has 0 aliphatic carbocycles. The number of aliphatic carboxylic acids is 1. The van der Waals surface area contributed by atoms with E-state index in [4.69, 9.17) is 4.74 Å². The van der Waals surface area contributed by atoms with Crippen LogP contribution in [-0.2, 0) is 4.79 Å². The van der Waals surface area contributed by atoms with Gasteiger partial charge >= 0.3 is 0 Å². The van der Waals surface area contributed by atoms with Crippen molar-refractivity contribution in [3.8, 4) is 5.75 Å². The summed E-state index contributed by atoms with van der Waals surface area (Å²) in [4.78, 5) is 22.4. The van der Waals surface area contributed by atoms with E-state index in [2.05, 4.69) is 6.58 Å². The molecular weight excluding hydrogens is 260 g/mol. The lowest BCUT2D eigenvalue weighted by molar-refractivity contribution is -0.300. The van der Waals surface area contributed by atoms with Crippen LogP contribution in [0.1, 0.15) is 31.1 Å². The van der Waals surface area contributed by atoms with Crippen molar-refractivity contribution in [2.75, 3.05) is 0 Å². The smallest absolute Gasteiger partial charge is 0.193 e. The molecule has 1 aromatic carbocycles. The first-order chi connectivity index (χ1) is 9.12. The first kappa shape index (κ1) is 15.9. The highest BCUT2D eigenvalue weighted by atomic mass is 16.5. The highest BCUT2D eigenvalue weighted by Gasteiger charge is 2.25. The zero-order valence-electron chi connectivity index (χ0n) is 11.7. The van der Waals surface area contributed by atoms with Crippen LogP contribution in [0.2, 0.25) is 0 Å². The lowest BCUT2D eigenvalue weighted by atomic mass is 9.97. The Balaban J connectivity index is 2.80. The fourth-order valence-corrected chi connectivity index (χ4v) is 1.48. The van der Waals surface area contributed by atoms with E-state index in [0.717, 1.165) is 0 Å². The number of rotatable bonds is 6. The molecule has 0 saturated carbocycles. The molecule has 0 heterocycles. The van der Waals surface area contributed by atoms with Crippen molar-refractivity contribution in [1.82, 2.24) is 0 Å². The normalized spacial score (nSPS) is 12.6. The summed E-state index contributed by atoms with van der Waals surface area (Å²) in [5, 5.41) is 20.2. The average Bonchev–Trinajstić information content (AvgIpc) is 2.36. The fourth-order valence-electron chi connectivity index (χ4n) is 1.48. The quantitative estimate of drug-likeness (QED) is 0.611. The monoisotopic (exact) mass is 277 g/mol. The molecule has 0 aliphatic rings. The highest BCUT2D eigenvalue weighted by molar-refractivity contribution is 6.01. The Morgan fingerprint density at radius 1 is 1.30 bits per heavy atom. The molecule has 1 rings (SSSR count). The van der Waals surface area contributed by atoms with Crippen LogP contribution in [0.25, 0.3) is 0 Å². The number of hydrogen-bond donors (Lipinski definition) is 1. The second-order valence-electron chi connectivity index (χ2n) is 4.99. The number of carbonyl (C=O) groups is 2. The van der Waals surface area contributed by atoms with Gasteiger partial charge in [-0.25, -0.2) is 0 Å². The number of aliphatic hydroxyl groups is 1. The van der Waals surface area contributed by atoms with Crippen molar-refractivity contribution in [3.05, 3.63) is 42.0 Å². The third kappa shape index (κ3) is 3.93. The zero-order valence-corrected chi connectivity index (χ0v) is 11.7. The van der Waals surface area contributed by atoms with Crippen molar-refractivity contribution >= 4 is 11.8 Å². The third-order valence-electron chi connectivity index (χ3n) is 2.74. The van der Waals surface area contributed by atoms with Crippen molar-refractivity contribution < 1.29 is 24.5 Å². The predicted molar refractivity (Wildman–Crippen MR) is 71.3 cm³/mol. The standard InChI is InChI=1S/C15H18O5/c1-9(14(17)18)10(2)20-12-7-5-11(6-8-12)13(16)15(3,4)19/h5-8,10,19H,1H2,2-4H3,(H,17,18)/p-1. The van der Waals surface area contributed by atoms with Crippen LogP contribution >= 0.6 is 0 Å². The molecule has 5 heteroatoms. The van der Waals surface area contributed by atoms with Crippen LogP contribution in [0.5, 0.6) is 5.75 Å². The van der Waals surface area contributed by atoms with Crippen LogP contribution < -0.4 is 9.84 Å². The number of hydrogen-bond acceptors (Lipinski definition) is 5. The number of benzene rings is 1. The van der Waals surface area contributed by atoms with Gasteiger partial charge in [-0.1, -0.05) is 6.58 Å². The van der Waals surface area contributed by atoms with E-state index in [1.54, 1.807) is 0 Å². The molecule has 0 saturated heterocycles.